The van der Waals surface area contributed by atoms with E-state index in [-0.39, 0.29) is 21.6 Å². The molecule has 0 rings (SSSR count). The van der Waals surface area contributed by atoms with Crippen molar-refractivity contribution < 1.29 is 14.2 Å². The highest BCUT2D eigenvalue weighted by atomic mass is 31.2. The first kappa shape index (κ1) is 16.7. The van der Waals surface area contributed by atoms with E-state index >= 15 is 0 Å². The monoisotopic (exact) mass is 171 g/mol. The number of ether oxygens (including phenoxy) is 1. The summed E-state index contributed by atoms with van der Waals surface area (Å²) in [5.74, 6) is 0. The summed E-state index contributed by atoms with van der Waals surface area (Å²) >= 11 is 0. The van der Waals surface area contributed by atoms with Gasteiger partial charge in [0, 0.05) is 7.11 Å². The summed E-state index contributed by atoms with van der Waals surface area (Å²) in [6, 6.07) is 0. The average Bonchev–Trinajstić information content (AvgIpc) is 1.59. The molecule has 0 amide bonds. The molecule has 66 valence electrons. The molecule has 0 aromatic heterocycles. The number of hydrogen-bond acceptors (Lipinski definition) is 3. The maximum atomic E-state index is 8.96. The van der Waals surface area contributed by atoms with Gasteiger partial charge < -0.3 is 4.74 Å². The highest BCUT2D eigenvalue weighted by Gasteiger charge is 2.21. The Kier molecular flexibility index (Phi) is 12.4. The molecule has 0 radical (unpaired) electrons. The Morgan fingerprint density at radius 3 is 1.80 bits per heavy atom. The van der Waals surface area contributed by atoms with Gasteiger partial charge in [-0.15, -0.1) is 0 Å². The van der Waals surface area contributed by atoms with E-state index in [1.165, 1.54) is 7.11 Å². The minimum atomic E-state index is -2.06. The van der Waals surface area contributed by atoms with Gasteiger partial charge in [-0.3, -0.25) is 0 Å². The topological polar surface area (TPSA) is 38.7 Å². The van der Waals surface area contributed by atoms with Crippen LogP contribution in [0.4, 0.5) is 0 Å². The molecule has 10 heavy (non-hydrogen) atoms. The van der Waals surface area contributed by atoms with E-state index in [9.17, 15) is 0 Å². The van der Waals surface area contributed by atoms with Crippen molar-refractivity contribution >= 4 is 7.72 Å². The summed E-state index contributed by atoms with van der Waals surface area (Å²) in [5.41, 5.74) is 0. The van der Waals surface area contributed by atoms with Gasteiger partial charge in [0.1, 0.15) is 13.3 Å². The van der Waals surface area contributed by atoms with Crippen molar-refractivity contribution in [1.29, 1.82) is 0 Å². The SMILES string of the molecule is C.C.COCO[P+](C)(C)O. The fourth-order valence-corrected chi connectivity index (χ4v) is 0.545. The second-order valence-electron chi connectivity index (χ2n) is 1.83. The van der Waals surface area contributed by atoms with Gasteiger partial charge in [0.05, 0.1) is 0 Å². The first-order chi connectivity index (χ1) is 3.56. The van der Waals surface area contributed by atoms with E-state index in [0.717, 1.165) is 0 Å². The smallest absolute Gasteiger partial charge is 0.269 e. The average molecular weight is 171 g/mol. The van der Waals surface area contributed by atoms with Crippen molar-refractivity contribution in [3.05, 3.63) is 0 Å². The number of methoxy groups -OCH3 is 1. The van der Waals surface area contributed by atoms with Gasteiger partial charge in [-0.1, -0.05) is 14.9 Å². The molecule has 0 atom stereocenters. The predicted octanol–water partition coefficient (Wildman–Crippen LogP) is 1.98. The molecule has 0 aromatic rings. The molecule has 0 aromatic carbocycles. The molecule has 0 unspecified atom stereocenters. The summed E-state index contributed by atoms with van der Waals surface area (Å²) in [6.07, 6.45) is 0. The van der Waals surface area contributed by atoms with Crippen molar-refractivity contribution in [3.63, 3.8) is 0 Å². The summed E-state index contributed by atoms with van der Waals surface area (Å²) in [6.45, 7) is 3.50. The van der Waals surface area contributed by atoms with Crippen LogP contribution in [0, 0.1) is 0 Å². The van der Waals surface area contributed by atoms with Crippen LogP contribution in [0.3, 0.4) is 0 Å². The molecular formula is C6H20O3P+. The summed E-state index contributed by atoms with van der Waals surface area (Å²) < 4.78 is 9.39. The molecule has 0 aliphatic heterocycles. The van der Waals surface area contributed by atoms with Gasteiger partial charge in [0.2, 0.25) is 0 Å². The third kappa shape index (κ3) is 15.7. The lowest BCUT2D eigenvalue weighted by molar-refractivity contribution is 0.0494. The molecular weight excluding hydrogens is 151 g/mol. The molecule has 0 saturated carbocycles. The van der Waals surface area contributed by atoms with E-state index in [1.54, 1.807) is 13.3 Å². The van der Waals surface area contributed by atoms with E-state index in [1.807, 2.05) is 0 Å². The molecule has 0 aliphatic rings. The fraction of sp³-hybridized carbons (Fsp3) is 1.00. The minimum Gasteiger partial charge on any atom is -0.354 e. The van der Waals surface area contributed by atoms with Gasteiger partial charge in [0.15, 0.2) is 6.79 Å². The van der Waals surface area contributed by atoms with E-state index < -0.39 is 7.72 Å². The fourth-order valence-electron chi connectivity index (χ4n) is 0.182. The zero-order valence-corrected chi connectivity index (χ0v) is 6.31. The molecule has 0 spiro atoms. The Morgan fingerprint density at radius 2 is 1.70 bits per heavy atom. The van der Waals surface area contributed by atoms with Crippen LogP contribution < -0.4 is 0 Å². The number of rotatable bonds is 3. The highest BCUT2D eigenvalue weighted by molar-refractivity contribution is 7.63. The standard InChI is InChI=1S/C4H12O3P.2CH4/c1-6-4-7-8(2,3)5;;/h5H,4H2,1-3H3;2*1H4/q+1;;. The van der Waals surface area contributed by atoms with Gasteiger partial charge in [-0.05, 0) is 0 Å². The maximum Gasteiger partial charge on any atom is 0.269 e. The molecule has 0 fully saturated rings. The summed E-state index contributed by atoms with van der Waals surface area (Å²) in [7, 11) is -0.534. The lowest BCUT2D eigenvalue weighted by Gasteiger charge is -2.05. The molecule has 0 saturated heterocycles. The summed E-state index contributed by atoms with van der Waals surface area (Å²) in [5, 5.41) is 0. The Morgan fingerprint density at radius 1 is 1.30 bits per heavy atom. The second kappa shape index (κ2) is 7.42. The van der Waals surface area contributed by atoms with Gasteiger partial charge in [0.25, 0.3) is 7.72 Å². The minimum absolute atomic E-state index is 0. The van der Waals surface area contributed by atoms with Crippen molar-refractivity contribution in [2.45, 2.75) is 14.9 Å². The Bertz CT molecular complexity index is 60.5. The van der Waals surface area contributed by atoms with Crippen LogP contribution in [-0.2, 0) is 9.26 Å². The third-order valence-corrected chi connectivity index (χ3v) is 1.22. The number of hydrogen-bond donors (Lipinski definition) is 1. The second-order valence-corrected chi connectivity index (χ2v) is 4.68. The van der Waals surface area contributed by atoms with E-state index in [0.29, 0.717) is 0 Å². The van der Waals surface area contributed by atoms with Crippen LogP contribution in [0.2, 0.25) is 0 Å². The first-order valence-corrected chi connectivity index (χ1v) is 4.82. The third-order valence-electron chi connectivity index (χ3n) is 0.486. The molecule has 1 N–H and O–H groups in total. The normalized spacial score (nSPS) is 9.60. The van der Waals surface area contributed by atoms with Gasteiger partial charge in [-0.25, -0.2) is 4.89 Å². The zero-order chi connectivity index (χ0) is 6.62. The predicted molar refractivity (Wildman–Crippen MR) is 47.4 cm³/mol. The first-order valence-electron chi connectivity index (χ1n) is 2.26. The van der Waals surface area contributed by atoms with Crippen LogP contribution in [0.5, 0.6) is 0 Å². The Hall–Kier alpha value is 0.310. The molecule has 4 heteroatoms. The van der Waals surface area contributed by atoms with Crippen molar-refractivity contribution in [2.75, 3.05) is 27.2 Å². The van der Waals surface area contributed by atoms with Crippen LogP contribution in [0.1, 0.15) is 14.9 Å². The van der Waals surface area contributed by atoms with Crippen molar-refractivity contribution in [3.8, 4) is 0 Å². The molecule has 0 bridgehead atoms. The van der Waals surface area contributed by atoms with Crippen molar-refractivity contribution in [2.24, 2.45) is 0 Å². The van der Waals surface area contributed by atoms with Gasteiger partial charge >= 0.3 is 0 Å². The lowest BCUT2D eigenvalue weighted by atomic mass is 11.4. The molecule has 3 nitrogen and oxygen atoms in total. The van der Waals surface area contributed by atoms with Crippen LogP contribution in [-0.4, -0.2) is 32.1 Å². The zero-order valence-electron chi connectivity index (χ0n) is 5.42. The van der Waals surface area contributed by atoms with E-state index in [4.69, 9.17) is 9.42 Å². The Balaban J connectivity index is -0.000000245. The van der Waals surface area contributed by atoms with Gasteiger partial charge in [-0.2, -0.15) is 4.52 Å². The largest absolute Gasteiger partial charge is 0.354 e. The highest BCUT2D eigenvalue weighted by Crippen LogP contribution is 2.46. The quantitative estimate of drug-likeness (QED) is 0.521. The van der Waals surface area contributed by atoms with E-state index in [2.05, 4.69) is 4.74 Å². The van der Waals surface area contributed by atoms with Crippen molar-refractivity contribution in [1.82, 2.24) is 0 Å². The van der Waals surface area contributed by atoms with Crippen LogP contribution in [0.15, 0.2) is 0 Å². The molecule has 0 heterocycles. The Labute approximate surface area is 64.9 Å². The van der Waals surface area contributed by atoms with Crippen LogP contribution >= 0.6 is 7.72 Å². The van der Waals surface area contributed by atoms with Crippen LogP contribution in [0.25, 0.3) is 0 Å². The summed E-state index contributed by atoms with van der Waals surface area (Å²) in [4.78, 5) is 8.96. The molecule has 0 aliphatic carbocycles. The maximum absolute atomic E-state index is 8.96. The lowest BCUT2D eigenvalue weighted by Crippen LogP contribution is -1.97.